The van der Waals surface area contributed by atoms with Crippen LogP contribution in [0.15, 0.2) is 0 Å². The van der Waals surface area contributed by atoms with Crippen molar-refractivity contribution in [3.63, 3.8) is 0 Å². The minimum absolute atomic E-state index is 0. The minimum atomic E-state index is 0. The van der Waals surface area contributed by atoms with Gasteiger partial charge in [0.1, 0.15) is 0 Å². The molecule has 0 N–H and O–H groups in total. The SMILES string of the molecule is [Al].[MgH2].[Si].[Zn]. The van der Waals surface area contributed by atoms with Gasteiger partial charge in [-0.05, 0) is 0 Å². The van der Waals surface area contributed by atoms with Crippen molar-refractivity contribution in [2.24, 2.45) is 0 Å². The Bertz CT molecular complexity index is 8.00. The third-order valence-electron chi connectivity index (χ3n) is 0. The molecule has 0 bridgehead atoms. The first-order valence-corrected chi connectivity index (χ1v) is 0. The first-order chi connectivity index (χ1) is 0. The van der Waals surface area contributed by atoms with Gasteiger partial charge in [-0.2, -0.15) is 0 Å². The summed E-state index contributed by atoms with van der Waals surface area (Å²) in [7, 11) is 0. The Kier molecular flexibility index (Phi) is 170. The molecule has 0 aromatic rings. The molecule has 0 saturated carbocycles. The Hall–Kier alpha value is 2.14. The fourth-order valence-corrected chi connectivity index (χ4v) is 0. The zero-order chi connectivity index (χ0) is 0. The molecule has 4 heavy (non-hydrogen) atoms. The Morgan fingerprint density at radius 2 is 1.00 bits per heavy atom. The Morgan fingerprint density at radius 3 is 1.00 bits per heavy atom. The normalized spacial score (nSPS) is 0. The van der Waals surface area contributed by atoms with E-state index >= 15 is 0 Å². The van der Waals surface area contributed by atoms with E-state index in [0.29, 0.717) is 0 Å². The van der Waals surface area contributed by atoms with Crippen LogP contribution in [0, 0.1) is 0 Å². The molecule has 0 heterocycles. The fraction of sp³-hybridized carbons (Fsp3) is 0. The fourth-order valence-electron chi connectivity index (χ4n) is 0. The minimum Gasteiger partial charge on any atom is 0 e. The average molecular weight is 147 g/mol. The third-order valence-corrected chi connectivity index (χ3v) is 0. The van der Waals surface area contributed by atoms with Crippen LogP contribution >= 0.6 is 0 Å². The van der Waals surface area contributed by atoms with Gasteiger partial charge in [-0.25, -0.2) is 0 Å². The predicted molar refractivity (Wildman–Crippen MR) is 20.1 cm³/mol. The summed E-state index contributed by atoms with van der Waals surface area (Å²) in [4.78, 5) is 0. The summed E-state index contributed by atoms with van der Waals surface area (Å²) in [5.41, 5.74) is 0. The van der Waals surface area contributed by atoms with E-state index in [1.54, 1.807) is 0 Å². The second kappa shape index (κ2) is 19.2. The van der Waals surface area contributed by atoms with Gasteiger partial charge in [0, 0.05) is 47.8 Å². The molecule has 0 aliphatic rings. The molecule has 0 aliphatic heterocycles. The van der Waals surface area contributed by atoms with Gasteiger partial charge in [0.2, 0.25) is 0 Å². The van der Waals surface area contributed by atoms with Crippen molar-refractivity contribution in [2.75, 3.05) is 0 Å². The van der Waals surface area contributed by atoms with Gasteiger partial charge in [0.25, 0.3) is 0 Å². The first-order valence-electron chi connectivity index (χ1n) is 0. The van der Waals surface area contributed by atoms with Gasteiger partial charge in [-0.3, -0.25) is 0 Å². The van der Waals surface area contributed by atoms with Gasteiger partial charge in [-0.15, -0.1) is 0 Å². The standard InChI is InChI=1S/Al.Mg.Si.Zn.2H. The largest absolute Gasteiger partial charge is 0.316 e. The van der Waals surface area contributed by atoms with Crippen molar-refractivity contribution < 1.29 is 19.5 Å². The molecule has 0 fully saturated rings. The molecule has 0 spiro atoms. The molecule has 0 atom stereocenters. The summed E-state index contributed by atoms with van der Waals surface area (Å²) in [5.74, 6) is 0. The van der Waals surface area contributed by atoms with E-state index in [0.717, 1.165) is 0 Å². The van der Waals surface area contributed by atoms with E-state index < -0.39 is 0 Å². The van der Waals surface area contributed by atoms with Crippen molar-refractivity contribution in [3.8, 4) is 0 Å². The number of rotatable bonds is 0. The van der Waals surface area contributed by atoms with Crippen LogP contribution in [-0.2, 0) is 19.5 Å². The van der Waals surface area contributed by atoms with Crippen LogP contribution < -0.4 is 0 Å². The smallest absolute Gasteiger partial charge is 0 e. The van der Waals surface area contributed by atoms with Crippen molar-refractivity contribution in [1.82, 2.24) is 0 Å². The van der Waals surface area contributed by atoms with E-state index in [9.17, 15) is 0 Å². The maximum atomic E-state index is 0. The number of hydrogen-bond donors (Lipinski definition) is 0. The summed E-state index contributed by atoms with van der Waals surface area (Å²) < 4.78 is 0. The molecular weight excluding hydrogens is 145 g/mol. The summed E-state index contributed by atoms with van der Waals surface area (Å²) in [5, 5.41) is 0. The molecule has 0 saturated heterocycles. The van der Waals surface area contributed by atoms with E-state index in [4.69, 9.17) is 0 Å². The van der Waals surface area contributed by atoms with E-state index in [-0.39, 0.29) is 70.9 Å². The van der Waals surface area contributed by atoms with Crippen molar-refractivity contribution in [3.05, 3.63) is 0 Å². The van der Waals surface area contributed by atoms with E-state index in [1.165, 1.54) is 0 Å². The van der Waals surface area contributed by atoms with Crippen LogP contribution in [0.4, 0.5) is 0 Å². The van der Waals surface area contributed by atoms with Gasteiger partial charge in [0.15, 0.2) is 0 Å². The van der Waals surface area contributed by atoms with Gasteiger partial charge >= 0.3 is 23.1 Å². The Balaban J connectivity index is 0. The van der Waals surface area contributed by atoms with Crippen molar-refractivity contribution in [2.45, 2.75) is 0 Å². The van der Waals surface area contributed by atoms with Crippen LogP contribution in [0.3, 0.4) is 0 Å². The predicted octanol–water partition coefficient (Wildman–Crippen LogP) is -1.68. The van der Waals surface area contributed by atoms with Gasteiger partial charge in [0.05, 0.1) is 0 Å². The molecule has 0 aromatic heterocycles. The van der Waals surface area contributed by atoms with Crippen LogP contribution in [0.1, 0.15) is 0 Å². The van der Waals surface area contributed by atoms with E-state index in [2.05, 4.69) is 0 Å². The molecule has 0 amide bonds. The molecule has 7 radical (unpaired) electrons. The third kappa shape index (κ3) is 8.91. The van der Waals surface area contributed by atoms with Crippen LogP contribution in [0.2, 0.25) is 0 Å². The average Bonchev–Trinajstić information content (AvgIpc) is 0. The molecule has 13 valence electrons. The van der Waals surface area contributed by atoms with Crippen LogP contribution in [0.5, 0.6) is 0 Å². The molecule has 4 heteroatoms. The van der Waals surface area contributed by atoms with Crippen LogP contribution in [0.25, 0.3) is 0 Å². The molecule has 0 aliphatic carbocycles. The zero-order valence-corrected chi connectivity index (χ0v) is 6.91. The Morgan fingerprint density at radius 1 is 1.00 bits per heavy atom. The monoisotopic (exact) mass is 145 g/mol. The summed E-state index contributed by atoms with van der Waals surface area (Å²) in [6.45, 7) is 0. The maximum absolute atomic E-state index is 0. The summed E-state index contributed by atoms with van der Waals surface area (Å²) in [6.07, 6.45) is 0. The Labute approximate surface area is 70.2 Å². The van der Waals surface area contributed by atoms with E-state index in [1.807, 2.05) is 0 Å². The maximum Gasteiger partial charge on any atom is 0.316 e. The zero-order valence-electron chi connectivity index (χ0n) is 1.78. The first kappa shape index (κ1) is 35.4. The van der Waals surface area contributed by atoms with Crippen molar-refractivity contribution in [1.29, 1.82) is 0 Å². The second-order valence-corrected chi connectivity index (χ2v) is 0. The quantitative estimate of drug-likeness (QED) is 0.359. The molecule has 0 rings (SSSR count). The van der Waals surface area contributed by atoms with Crippen LogP contribution in [-0.4, -0.2) is 51.4 Å². The number of hydrogen-bond acceptors (Lipinski definition) is 0. The molecule has 0 unspecified atom stereocenters. The van der Waals surface area contributed by atoms with Gasteiger partial charge in [-0.1, -0.05) is 0 Å². The molecule has 0 aromatic carbocycles. The van der Waals surface area contributed by atoms with Gasteiger partial charge < -0.3 is 0 Å². The second-order valence-electron chi connectivity index (χ2n) is 0. The summed E-state index contributed by atoms with van der Waals surface area (Å²) in [6, 6.07) is 0. The topological polar surface area (TPSA) is 0 Å². The summed E-state index contributed by atoms with van der Waals surface area (Å²) >= 11 is 0. The molecular formula is H2AlMgSiZn. The van der Waals surface area contributed by atoms with Crippen molar-refractivity contribution >= 4 is 51.4 Å². The molecule has 0 nitrogen and oxygen atoms in total.